The minimum atomic E-state index is -0.0561. The summed E-state index contributed by atoms with van der Waals surface area (Å²) in [4.78, 5) is 8.00. The quantitative estimate of drug-likeness (QED) is 0.591. The molecule has 2 aliphatic heterocycles. The van der Waals surface area contributed by atoms with Gasteiger partial charge in [-0.25, -0.2) is 0 Å². The van der Waals surface area contributed by atoms with Gasteiger partial charge < -0.3 is 25.5 Å². The van der Waals surface area contributed by atoms with Gasteiger partial charge in [0.15, 0.2) is 0 Å². The molecule has 0 saturated heterocycles. The molecule has 0 radical (unpaired) electrons. The third-order valence-electron chi connectivity index (χ3n) is 5.40. The maximum atomic E-state index is 8.00. The lowest BCUT2D eigenvalue weighted by molar-refractivity contribution is -0.0979. The molecule has 2 heterocycles. The van der Waals surface area contributed by atoms with Crippen molar-refractivity contribution in [1.82, 2.24) is 16.0 Å². The Morgan fingerprint density at radius 2 is 1.93 bits per heavy atom. The summed E-state index contributed by atoms with van der Waals surface area (Å²) in [6.45, 7) is 3.74. The molecule has 2 atom stereocenters. The maximum Gasteiger partial charge on any atom is 0.134 e. The first-order valence-corrected chi connectivity index (χ1v) is 10.1. The van der Waals surface area contributed by atoms with E-state index in [4.69, 9.17) is 9.53 Å². The molecular formula is C24H30N4O2. The first-order chi connectivity index (χ1) is 14.8. The van der Waals surface area contributed by atoms with E-state index in [2.05, 4.69) is 82.0 Å². The van der Waals surface area contributed by atoms with Crippen molar-refractivity contribution in [2.75, 3.05) is 32.6 Å². The van der Waals surface area contributed by atoms with Gasteiger partial charge in [-0.2, -0.15) is 0 Å². The highest BCUT2D eigenvalue weighted by molar-refractivity contribution is 5.57. The first kappa shape index (κ1) is 21.6. The van der Waals surface area contributed by atoms with E-state index in [1.54, 1.807) is 7.11 Å². The van der Waals surface area contributed by atoms with Gasteiger partial charge in [0.1, 0.15) is 18.8 Å². The Hall–Kier alpha value is -3.09. The van der Waals surface area contributed by atoms with Gasteiger partial charge in [0.05, 0.1) is 5.70 Å². The van der Waals surface area contributed by atoms with Gasteiger partial charge >= 0.3 is 0 Å². The van der Waals surface area contributed by atoms with Crippen LogP contribution in [0.15, 0.2) is 72.2 Å². The molecule has 4 N–H and O–H groups in total. The van der Waals surface area contributed by atoms with Gasteiger partial charge in [-0.05, 0) is 41.3 Å². The molecule has 2 aliphatic rings. The zero-order chi connectivity index (χ0) is 21.3. The number of nitrogens with one attached hydrogen (secondary N) is 4. The van der Waals surface area contributed by atoms with Crippen LogP contribution in [-0.2, 0) is 16.0 Å². The Morgan fingerprint density at radius 1 is 1.13 bits per heavy atom. The second-order valence-corrected chi connectivity index (χ2v) is 7.20. The summed E-state index contributed by atoms with van der Waals surface area (Å²) >= 11 is 0. The zero-order valence-corrected chi connectivity index (χ0v) is 17.6. The van der Waals surface area contributed by atoms with Crippen molar-refractivity contribution in [3.8, 4) is 0 Å². The highest BCUT2D eigenvalue weighted by Crippen LogP contribution is 2.35. The highest BCUT2D eigenvalue weighted by atomic mass is 16.5. The molecule has 0 aliphatic carbocycles. The Kier molecular flexibility index (Phi) is 7.65. The minimum Gasteiger partial charge on any atom is -0.373 e. The summed E-state index contributed by atoms with van der Waals surface area (Å²) in [5.41, 5.74) is 6.06. The van der Waals surface area contributed by atoms with E-state index in [0.29, 0.717) is 5.92 Å². The molecule has 30 heavy (non-hydrogen) atoms. The second kappa shape index (κ2) is 10.6. The number of hydrogen-bond acceptors (Lipinski definition) is 6. The molecule has 6 heteroatoms. The van der Waals surface area contributed by atoms with E-state index in [1.165, 1.54) is 16.7 Å². The second-order valence-electron chi connectivity index (χ2n) is 7.20. The Morgan fingerprint density at radius 3 is 2.67 bits per heavy atom. The van der Waals surface area contributed by atoms with Gasteiger partial charge in [-0.1, -0.05) is 42.5 Å². The monoisotopic (exact) mass is 406 g/mol. The van der Waals surface area contributed by atoms with Crippen LogP contribution in [0.5, 0.6) is 0 Å². The summed E-state index contributed by atoms with van der Waals surface area (Å²) in [6, 6.07) is 17.3. The lowest BCUT2D eigenvalue weighted by Crippen LogP contribution is -2.35. The van der Waals surface area contributed by atoms with Crippen LogP contribution in [0, 0.1) is 0 Å². The van der Waals surface area contributed by atoms with Crippen LogP contribution in [0.1, 0.15) is 28.8 Å². The minimum absolute atomic E-state index is 0.0561. The zero-order valence-electron chi connectivity index (χ0n) is 17.6. The first-order valence-electron chi connectivity index (χ1n) is 10.1. The summed E-state index contributed by atoms with van der Waals surface area (Å²) in [6.07, 6.45) is 5.18. The van der Waals surface area contributed by atoms with Crippen LogP contribution in [-0.4, -0.2) is 34.0 Å². The Labute approximate surface area is 178 Å². The summed E-state index contributed by atoms with van der Waals surface area (Å²) < 4.78 is 5.67. The number of methoxy groups -OCH3 is 1. The van der Waals surface area contributed by atoms with Gasteiger partial charge in [0, 0.05) is 38.9 Å². The predicted molar refractivity (Wildman–Crippen MR) is 121 cm³/mol. The summed E-state index contributed by atoms with van der Waals surface area (Å²) in [7, 11) is 3.69. The average molecular weight is 407 g/mol. The number of ether oxygens (including phenoxy) is 1. The van der Waals surface area contributed by atoms with Crippen molar-refractivity contribution in [2.45, 2.75) is 18.6 Å². The number of carbonyl (C=O) groups excluding carboxylic acids is 1. The van der Waals surface area contributed by atoms with Crippen molar-refractivity contribution >= 4 is 12.5 Å². The number of fused-ring (bicyclic) bond motifs is 1. The van der Waals surface area contributed by atoms with Crippen LogP contribution < -0.4 is 21.3 Å². The molecule has 6 nitrogen and oxygen atoms in total. The summed E-state index contributed by atoms with van der Waals surface area (Å²) in [5.74, 6) is 1.42. The van der Waals surface area contributed by atoms with Gasteiger partial charge in [-0.15, -0.1) is 0 Å². The number of benzene rings is 2. The fraction of sp³-hybridized carbons (Fsp3) is 0.292. The number of allylic oxidation sites excluding steroid dienone is 1. The third kappa shape index (κ3) is 4.90. The fourth-order valence-corrected chi connectivity index (χ4v) is 4.00. The Bertz CT molecular complexity index is 895. The smallest absolute Gasteiger partial charge is 0.134 e. The van der Waals surface area contributed by atoms with Crippen LogP contribution in [0.2, 0.25) is 0 Å². The summed E-state index contributed by atoms with van der Waals surface area (Å²) in [5, 5.41) is 13.7. The highest BCUT2D eigenvalue weighted by Gasteiger charge is 2.27. The maximum absolute atomic E-state index is 8.00. The largest absolute Gasteiger partial charge is 0.373 e. The number of rotatable bonds is 6. The van der Waals surface area contributed by atoms with Gasteiger partial charge in [-0.3, -0.25) is 5.32 Å². The van der Waals surface area contributed by atoms with E-state index in [-0.39, 0.29) is 6.23 Å². The average Bonchev–Trinajstić information content (AvgIpc) is 2.82. The SMILES string of the molecule is C=O.CNC1=C(Nc2ccc3c(c2)C(Cc2ccccc2)CNC3OC)C=CCN1. The Balaban J connectivity index is 0.00000124. The number of carbonyl (C=O) groups is 1. The lowest BCUT2D eigenvalue weighted by atomic mass is 9.85. The van der Waals surface area contributed by atoms with E-state index >= 15 is 0 Å². The molecule has 0 spiro atoms. The van der Waals surface area contributed by atoms with Crippen molar-refractivity contribution in [1.29, 1.82) is 0 Å². The number of anilines is 1. The van der Waals surface area contributed by atoms with Crippen LogP contribution in [0.4, 0.5) is 5.69 Å². The van der Waals surface area contributed by atoms with Gasteiger partial charge in [0.25, 0.3) is 0 Å². The molecule has 0 fully saturated rings. The van der Waals surface area contributed by atoms with Crippen molar-refractivity contribution < 1.29 is 9.53 Å². The molecule has 4 rings (SSSR count). The van der Waals surface area contributed by atoms with E-state index in [0.717, 1.165) is 36.7 Å². The van der Waals surface area contributed by atoms with Crippen molar-refractivity contribution in [3.63, 3.8) is 0 Å². The van der Waals surface area contributed by atoms with E-state index in [1.807, 2.05) is 13.8 Å². The predicted octanol–water partition coefficient (Wildman–Crippen LogP) is 3.04. The fourth-order valence-electron chi connectivity index (χ4n) is 4.00. The molecule has 2 unspecified atom stereocenters. The van der Waals surface area contributed by atoms with E-state index < -0.39 is 0 Å². The third-order valence-corrected chi connectivity index (χ3v) is 5.40. The van der Waals surface area contributed by atoms with Crippen LogP contribution >= 0.6 is 0 Å². The number of dihydropyridines is 1. The molecule has 0 aromatic heterocycles. The molecular weight excluding hydrogens is 376 g/mol. The van der Waals surface area contributed by atoms with Crippen molar-refractivity contribution in [2.24, 2.45) is 0 Å². The standard InChI is InChI=1S/C23H28N4O.CH2O/c1-24-22-21(9-6-12-25-22)27-18-10-11-19-20(14-18)17(15-26-23(19)28-2)13-16-7-4-3-5-8-16;1-2/h3-11,14,17,23-27H,12-13,15H2,1-2H3;1H2. The van der Waals surface area contributed by atoms with E-state index in [9.17, 15) is 0 Å². The van der Waals surface area contributed by atoms with Crippen LogP contribution in [0.25, 0.3) is 0 Å². The molecule has 2 aromatic carbocycles. The van der Waals surface area contributed by atoms with Crippen molar-refractivity contribution in [3.05, 3.63) is 88.9 Å². The van der Waals surface area contributed by atoms with Gasteiger partial charge in [0.2, 0.25) is 0 Å². The molecule has 158 valence electrons. The van der Waals surface area contributed by atoms with Crippen LogP contribution in [0.3, 0.4) is 0 Å². The molecule has 0 amide bonds. The molecule has 0 saturated carbocycles. The molecule has 2 aromatic rings. The molecule has 0 bridgehead atoms. The normalized spacial score (nSPS) is 19.8. The number of hydrogen-bond donors (Lipinski definition) is 4. The lowest BCUT2D eigenvalue weighted by Gasteiger charge is -2.32. The topological polar surface area (TPSA) is 74.4 Å².